The van der Waals surface area contributed by atoms with Crippen LogP contribution in [0.5, 0.6) is 5.75 Å². The molecule has 1 fully saturated rings. The van der Waals surface area contributed by atoms with Gasteiger partial charge in [0.15, 0.2) is 11.6 Å². The molecule has 0 bridgehead atoms. The molecule has 1 saturated heterocycles. The van der Waals surface area contributed by atoms with Crippen molar-refractivity contribution in [1.29, 1.82) is 0 Å². The summed E-state index contributed by atoms with van der Waals surface area (Å²) in [5.41, 5.74) is 1.75. The highest BCUT2D eigenvalue weighted by Gasteiger charge is 2.20. The molecule has 7 heteroatoms. The average Bonchev–Trinajstić information content (AvgIpc) is 2.78. The number of likely N-dealkylation sites (tertiary alicyclic amines) is 1. The first-order valence-corrected chi connectivity index (χ1v) is 10.8. The molecular weight excluding hydrogens is 402 g/mol. The molecule has 2 aromatic carbocycles. The maximum absolute atomic E-state index is 13.2. The van der Waals surface area contributed by atoms with Crippen molar-refractivity contribution in [2.75, 3.05) is 26.3 Å². The SMILES string of the molecule is O=C(CC[C@@H]1CCCN(Cc2ccc(OCCO)cc2)C1)NCc1ccc(F)c(F)c1. The van der Waals surface area contributed by atoms with Gasteiger partial charge in [-0.2, -0.15) is 0 Å². The molecule has 1 heterocycles. The van der Waals surface area contributed by atoms with Crippen LogP contribution in [0.1, 0.15) is 36.8 Å². The number of ether oxygens (including phenoxy) is 1. The summed E-state index contributed by atoms with van der Waals surface area (Å²) in [6, 6.07) is 11.6. The molecule has 2 aromatic rings. The molecular formula is C24H30F2N2O3. The Kier molecular flexibility index (Phi) is 8.79. The molecule has 1 atom stereocenters. The Morgan fingerprint density at radius 3 is 2.65 bits per heavy atom. The average molecular weight is 433 g/mol. The summed E-state index contributed by atoms with van der Waals surface area (Å²) >= 11 is 0. The molecule has 1 aliphatic heterocycles. The molecule has 0 spiro atoms. The van der Waals surface area contributed by atoms with Gasteiger partial charge in [-0.25, -0.2) is 8.78 Å². The van der Waals surface area contributed by atoms with Crippen LogP contribution < -0.4 is 10.1 Å². The number of benzene rings is 2. The number of aliphatic hydroxyl groups excluding tert-OH is 1. The van der Waals surface area contributed by atoms with Gasteiger partial charge in [-0.05, 0) is 67.1 Å². The zero-order chi connectivity index (χ0) is 22.1. The number of nitrogens with zero attached hydrogens (tertiary/aromatic N) is 1. The number of hydrogen-bond acceptors (Lipinski definition) is 4. The zero-order valence-corrected chi connectivity index (χ0v) is 17.7. The minimum Gasteiger partial charge on any atom is -0.491 e. The lowest BCUT2D eigenvalue weighted by Gasteiger charge is -2.32. The number of hydrogen-bond donors (Lipinski definition) is 2. The van der Waals surface area contributed by atoms with Crippen molar-refractivity contribution in [2.45, 2.75) is 38.8 Å². The van der Waals surface area contributed by atoms with Crippen LogP contribution in [0.15, 0.2) is 42.5 Å². The molecule has 1 amide bonds. The predicted octanol–water partition coefficient (Wildman–Crippen LogP) is 3.64. The molecule has 0 aromatic heterocycles. The van der Waals surface area contributed by atoms with Gasteiger partial charge in [-0.3, -0.25) is 9.69 Å². The van der Waals surface area contributed by atoms with E-state index >= 15 is 0 Å². The number of rotatable bonds is 10. The molecule has 31 heavy (non-hydrogen) atoms. The number of carbonyl (C=O) groups excluding carboxylic acids is 1. The molecule has 5 nitrogen and oxygen atoms in total. The molecule has 0 saturated carbocycles. The third-order valence-corrected chi connectivity index (χ3v) is 5.55. The lowest BCUT2D eigenvalue weighted by atomic mass is 9.93. The zero-order valence-electron chi connectivity index (χ0n) is 17.7. The summed E-state index contributed by atoms with van der Waals surface area (Å²) in [7, 11) is 0. The van der Waals surface area contributed by atoms with E-state index in [2.05, 4.69) is 10.2 Å². The van der Waals surface area contributed by atoms with E-state index in [-0.39, 0.29) is 19.1 Å². The van der Waals surface area contributed by atoms with Crippen LogP contribution >= 0.6 is 0 Å². The van der Waals surface area contributed by atoms with Gasteiger partial charge in [-0.15, -0.1) is 0 Å². The van der Waals surface area contributed by atoms with Gasteiger partial charge < -0.3 is 15.2 Å². The van der Waals surface area contributed by atoms with Gasteiger partial charge in [-0.1, -0.05) is 18.2 Å². The smallest absolute Gasteiger partial charge is 0.220 e. The van der Waals surface area contributed by atoms with Crippen molar-refractivity contribution < 1.29 is 23.4 Å². The fourth-order valence-corrected chi connectivity index (χ4v) is 3.92. The molecule has 0 unspecified atom stereocenters. The Morgan fingerprint density at radius 1 is 1.13 bits per heavy atom. The molecule has 3 rings (SSSR count). The highest BCUT2D eigenvalue weighted by Crippen LogP contribution is 2.23. The van der Waals surface area contributed by atoms with Crippen molar-refractivity contribution in [2.24, 2.45) is 5.92 Å². The highest BCUT2D eigenvalue weighted by molar-refractivity contribution is 5.75. The Hall–Kier alpha value is -2.51. The molecule has 2 N–H and O–H groups in total. The lowest BCUT2D eigenvalue weighted by molar-refractivity contribution is -0.121. The lowest BCUT2D eigenvalue weighted by Crippen LogP contribution is -2.35. The van der Waals surface area contributed by atoms with Gasteiger partial charge in [0, 0.05) is 26.1 Å². The second kappa shape index (κ2) is 11.8. The summed E-state index contributed by atoms with van der Waals surface area (Å²) in [5, 5.41) is 11.6. The minimum atomic E-state index is -0.902. The van der Waals surface area contributed by atoms with Crippen LogP contribution in [0.2, 0.25) is 0 Å². The molecule has 1 aliphatic rings. The summed E-state index contributed by atoms with van der Waals surface area (Å²) in [5.74, 6) is -0.636. The first-order valence-electron chi connectivity index (χ1n) is 10.8. The minimum absolute atomic E-state index is 0.000268. The van der Waals surface area contributed by atoms with Crippen molar-refractivity contribution in [3.63, 3.8) is 0 Å². The van der Waals surface area contributed by atoms with E-state index in [1.807, 2.05) is 24.3 Å². The van der Waals surface area contributed by atoms with Crippen LogP contribution in [-0.2, 0) is 17.9 Å². The van der Waals surface area contributed by atoms with Crippen molar-refractivity contribution in [3.05, 3.63) is 65.2 Å². The Balaban J connectivity index is 1.39. The van der Waals surface area contributed by atoms with Crippen molar-refractivity contribution in [3.8, 4) is 5.75 Å². The van der Waals surface area contributed by atoms with E-state index in [0.717, 1.165) is 56.8 Å². The number of carbonyl (C=O) groups is 1. The number of halogens is 2. The van der Waals surface area contributed by atoms with E-state index in [9.17, 15) is 13.6 Å². The van der Waals surface area contributed by atoms with E-state index in [1.54, 1.807) is 0 Å². The second-order valence-electron chi connectivity index (χ2n) is 8.02. The van der Waals surface area contributed by atoms with Gasteiger partial charge in [0.2, 0.25) is 5.91 Å². The number of aliphatic hydroxyl groups is 1. The predicted molar refractivity (Wildman–Crippen MR) is 114 cm³/mol. The number of piperidine rings is 1. The standard InChI is InChI=1S/C24H30F2N2O3/c25-22-9-5-20(14-23(22)26)15-27-24(30)10-6-18-2-1-11-28(16-18)17-19-3-7-21(8-4-19)31-13-12-29/h3-5,7-9,14,18,29H,1-2,6,10-13,15-17H2,(H,27,30)/t18-/m0/s1. The van der Waals surface area contributed by atoms with Crippen LogP contribution in [-0.4, -0.2) is 42.2 Å². The highest BCUT2D eigenvalue weighted by atomic mass is 19.2. The Morgan fingerprint density at radius 2 is 1.90 bits per heavy atom. The summed E-state index contributed by atoms with van der Waals surface area (Å²) in [6.07, 6.45) is 3.47. The normalized spacial score (nSPS) is 16.8. The van der Waals surface area contributed by atoms with Crippen LogP contribution in [0, 0.1) is 17.6 Å². The maximum Gasteiger partial charge on any atom is 0.220 e. The van der Waals surface area contributed by atoms with Gasteiger partial charge >= 0.3 is 0 Å². The van der Waals surface area contributed by atoms with Gasteiger partial charge in [0.05, 0.1) is 6.61 Å². The quantitative estimate of drug-likeness (QED) is 0.602. The fraction of sp³-hybridized carbons (Fsp3) is 0.458. The third kappa shape index (κ3) is 7.60. The fourth-order valence-electron chi connectivity index (χ4n) is 3.92. The van der Waals surface area contributed by atoms with E-state index < -0.39 is 11.6 Å². The van der Waals surface area contributed by atoms with Gasteiger partial charge in [0.25, 0.3) is 0 Å². The molecule has 0 aliphatic carbocycles. The molecule has 168 valence electrons. The summed E-state index contributed by atoms with van der Waals surface area (Å²) in [6.45, 7) is 3.35. The Bertz CT molecular complexity index is 845. The number of amides is 1. The third-order valence-electron chi connectivity index (χ3n) is 5.55. The van der Waals surface area contributed by atoms with Crippen LogP contribution in [0.4, 0.5) is 8.78 Å². The summed E-state index contributed by atoms with van der Waals surface area (Å²) in [4.78, 5) is 14.6. The van der Waals surface area contributed by atoms with E-state index in [4.69, 9.17) is 9.84 Å². The first-order chi connectivity index (χ1) is 15.0. The summed E-state index contributed by atoms with van der Waals surface area (Å²) < 4.78 is 31.6. The van der Waals surface area contributed by atoms with E-state index in [1.165, 1.54) is 11.6 Å². The van der Waals surface area contributed by atoms with Gasteiger partial charge in [0.1, 0.15) is 12.4 Å². The number of nitrogens with one attached hydrogen (secondary N) is 1. The van der Waals surface area contributed by atoms with Crippen molar-refractivity contribution in [1.82, 2.24) is 10.2 Å². The van der Waals surface area contributed by atoms with Crippen molar-refractivity contribution >= 4 is 5.91 Å². The maximum atomic E-state index is 13.2. The Labute approximate surface area is 182 Å². The molecule has 0 radical (unpaired) electrons. The monoisotopic (exact) mass is 432 g/mol. The van der Waals surface area contributed by atoms with E-state index in [0.29, 0.717) is 24.5 Å². The largest absolute Gasteiger partial charge is 0.491 e. The topological polar surface area (TPSA) is 61.8 Å². The van der Waals surface area contributed by atoms with Crippen LogP contribution in [0.3, 0.4) is 0 Å². The van der Waals surface area contributed by atoms with Crippen LogP contribution in [0.25, 0.3) is 0 Å². The first kappa shape index (κ1) is 23.2. The second-order valence-corrected chi connectivity index (χ2v) is 8.02.